The van der Waals surface area contributed by atoms with Gasteiger partial charge in [0.2, 0.25) is 0 Å². The fourth-order valence-corrected chi connectivity index (χ4v) is 4.04. The molecule has 2 heterocycles. The van der Waals surface area contributed by atoms with Gasteiger partial charge in [0.05, 0.1) is 16.6 Å². The highest BCUT2D eigenvalue weighted by atomic mass is 35.5. The van der Waals surface area contributed by atoms with Gasteiger partial charge in [0.15, 0.2) is 0 Å². The van der Waals surface area contributed by atoms with Gasteiger partial charge in [0.25, 0.3) is 5.91 Å². The number of aryl methyl sites for hydroxylation is 1. The van der Waals surface area contributed by atoms with Gasteiger partial charge in [-0.15, -0.1) is 11.3 Å². The lowest BCUT2D eigenvalue weighted by Gasteiger charge is -2.15. The van der Waals surface area contributed by atoms with Crippen LogP contribution in [0.15, 0.2) is 30.5 Å². The van der Waals surface area contributed by atoms with Gasteiger partial charge >= 0.3 is 0 Å². The zero-order valence-electron chi connectivity index (χ0n) is 12.7. The van der Waals surface area contributed by atoms with E-state index < -0.39 is 0 Å². The van der Waals surface area contributed by atoms with Gasteiger partial charge in [-0.05, 0) is 13.0 Å². The summed E-state index contributed by atoms with van der Waals surface area (Å²) in [6, 6.07) is 7.73. The quantitative estimate of drug-likeness (QED) is 0.670. The fraction of sp³-hybridized carbons (Fsp3) is 0.250. The molecule has 4 nitrogen and oxygen atoms in total. The molecular formula is C16H15Cl2N3OS. The second kappa shape index (κ2) is 6.51. The zero-order chi connectivity index (χ0) is 16.6. The second-order valence-electron chi connectivity index (χ2n) is 5.18. The molecule has 0 aliphatic carbocycles. The van der Waals surface area contributed by atoms with E-state index in [1.54, 1.807) is 22.8 Å². The van der Waals surface area contributed by atoms with E-state index in [0.717, 1.165) is 16.6 Å². The minimum atomic E-state index is -0.127. The first-order valence-electron chi connectivity index (χ1n) is 7.15. The Morgan fingerprint density at radius 2 is 2.09 bits per heavy atom. The Bertz CT molecular complexity index is 871. The molecule has 7 heteroatoms. The third kappa shape index (κ3) is 3.09. The van der Waals surface area contributed by atoms with Crippen molar-refractivity contribution in [2.24, 2.45) is 0 Å². The number of thiophene rings is 1. The minimum absolute atomic E-state index is 0.127. The summed E-state index contributed by atoms with van der Waals surface area (Å²) in [5.74, 6) is -0.127. The van der Waals surface area contributed by atoms with Gasteiger partial charge in [0.1, 0.15) is 10.6 Å². The van der Waals surface area contributed by atoms with Crippen molar-refractivity contribution >= 4 is 50.5 Å². The van der Waals surface area contributed by atoms with Gasteiger partial charge in [-0.2, -0.15) is 5.10 Å². The van der Waals surface area contributed by atoms with Crippen molar-refractivity contribution in [2.75, 3.05) is 7.05 Å². The number of amides is 1. The van der Waals surface area contributed by atoms with Crippen LogP contribution >= 0.6 is 34.5 Å². The molecule has 0 saturated heterocycles. The van der Waals surface area contributed by atoms with Gasteiger partial charge in [0, 0.05) is 29.9 Å². The maximum absolute atomic E-state index is 12.7. The molecule has 0 aliphatic rings. The number of nitrogens with zero attached hydrogens (tertiary/aromatic N) is 3. The van der Waals surface area contributed by atoms with E-state index in [0.29, 0.717) is 27.2 Å². The molecule has 3 aromatic rings. The minimum Gasteiger partial charge on any atom is -0.335 e. The van der Waals surface area contributed by atoms with Crippen molar-refractivity contribution in [3.8, 4) is 0 Å². The van der Waals surface area contributed by atoms with Crippen LogP contribution in [0.4, 0.5) is 0 Å². The van der Waals surface area contributed by atoms with Gasteiger partial charge in [-0.25, -0.2) is 0 Å². The number of carbonyl (C=O) groups excluding carboxylic acids is 1. The molecule has 1 amide bonds. The summed E-state index contributed by atoms with van der Waals surface area (Å²) >= 11 is 13.9. The molecule has 1 aromatic carbocycles. The molecule has 0 N–H and O–H groups in total. The number of carbonyl (C=O) groups is 1. The van der Waals surface area contributed by atoms with Crippen molar-refractivity contribution in [1.29, 1.82) is 0 Å². The normalized spacial score (nSPS) is 11.1. The number of rotatable bonds is 4. The van der Waals surface area contributed by atoms with Crippen molar-refractivity contribution in [3.63, 3.8) is 0 Å². The van der Waals surface area contributed by atoms with Gasteiger partial charge in [-0.3, -0.25) is 9.48 Å². The molecular weight excluding hydrogens is 353 g/mol. The van der Waals surface area contributed by atoms with Crippen LogP contribution in [0, 0.1) is 0 Å². The van der Waals surface area contributed by atoms with Crippen LogP contribution in [0.25, 0.3) is 10.1 Å². The van der Waals surface area contributed by atoms with Gasteiger partial charge in [-0.1, -0.05) is 41.4 Å². The molecule has 0 aliphatic heterocycles. The van der Waals surface area contributed by atoms with E-state index >= 15 is 0 Å². The van der Waals surface area contributed by atoms with E-state index in [9.17, 15) is 4.79 Å². The number of hydrogen-bond donors (Lipinski definition) is 0. The molecule has 2 aromatic heterocycles. The lowest BCUT2D eigenvalue weighted by atomic mass is 10.2. The van der Waals surface area contributed by atoms with Crippen molar-refractivity contribution in [3.05, 3.63) is 51.1 Å². The van der Waals surface area contributed by atoms with Crippen LogP contribution in [-0.2, 0) is 13.1 Å². The largest absolute Gasteiger partial charge is 0.335 e. The summed E-state index contributed by atoms with van der Waals surface area (Å²) in [6.45, 7) is 3.06. The molecule has 0 bridgehead atoms. The van der Waals surface area contributed by atoms with Crippen LogP contribution in [0.1, 0.15) is 22.3 Å². The summed E-state index contributed by atoms with van der Waals surface area (Å²) < 4.78 is 2.75. The molecule has 0 atom stereocenters. The average Bonchev–Trinajstić information content (AvgIpc) is 3.07. The number of halogens is 2. The molecule has 0 fully saturated rings. The van der Waals surface area contributed by atoms with Crippen LogP contribution in [0.5, 0.6) is 0 Å². The predicted octanol–water partition coefficient (Wildman–Crippen LogP) is 4.70. The van der Waals surface area contributed by atoms with E-state index in [2.05, 4.69) is 5.10 Å². The average molecular weight is 368 g/mol. The Kier molecular flexibility index (Phi) is 4.62. The molecule has 23 heavy (non-hydrogen) atoms. The Balaban J connectivity index is 1.86. The maximum Gasteiger partial charge on any atom is 0.265 e. The third-order valence-corrected chi connectivity index (χ3v) is 5.55. The Morgan fingerprint density at radius 1 is 1.35 bits per heavy atom. The second-order valence-corrected chi connectivity index (χ2v) is 7.02. The molecule has 120 valence electrons. The van der Waals surface area contributed by atoms with Crippen molar-refractivity contribution in [1.82, 2.24) is 14.7 Å². The van der Waals surface area contributed by atoms with Crippen LogP contribution in [0.2, 0.25) is 10.0 Å². The smallest absolute Gasteiger partial charge is 0.265 e. The monoisotopic (exact) mass is 367 g/mol. The number of benzene rings is 1. The lowest BCUT2D eigenvalue weighted by Crippen LogP contribution is -2.26. The summed E-state index contributed by atoms with van der Waals surface area (Å²) in [6.07, 6.45) is 1.77. The summed E-state index contributed by atoms with van der Waals surface area (Å²) in [4.78, 5) is 14.8. The molecule has 3 rings (SSSR count). The maximum atomic E-state index is 12.7. The highest BCUT2D eigenvalue weighted by molar-refractivity contribution is 7.21. The number of fused-ring (bicyclic) bond motifs is 1. The third-order valence-electron chi connectivity index (χ3n) is 3.57. The summed E-state index contributed by atoms with van der Waals surface area (Å²) in [7, 11) is 1.73. The van der Waals surface area contributed by atoms with Crippen LogP contribution in [0.3, 0.4) is 0 Å². The summed E-state index contributed by atoms with van der Waals surface area (Å²) in [5, 5.41) is 6.35. The molecule has 0 saturated carbocycles. The van der Waals surface area contributed by atoms with E-state index in [-0.39, 0.29) is 5.91 Å². The topological polar surface area (TPSA) is 38.1 Å². The standard InChI is InChI=1S/C16H15Cl2N3OS/c1-3-21-8-11(17)12(19-21)9-20(2)16(22)15-14(18)10-6-4-5-7-13(10)23-15/h4-8H,3,9H2,1-2H3. The number of hydrogen-bond acceptors (Lipinski definition) is 3. The Labute approximate surface area is 148 Å². The first kappa shape index (κ1) is 16.3. The lowest BCUT2D eigenvalue weighted by molar-refractivity contribution is 0.0788. The SMILES string of the molecule is CCn1cc(Cl)c(CN(C)C(=O)c2sc3ccccc3c2Cl)n1. The Morgan fingerprint density at radius 3 is 2.74 bits per heavy atom. The van der Waals surface area contributed by atoms with Crippen molar-refractivity contribution in [2.45, 2.75) is 20.0 Å². The number of aromatic nitrogens is 2. The molecule has 0 spiro atoms. The van der Waals surface area contributed by atoms with E-state index in [1.807, 2.05) is 31.2 Å². The highest BCUT2D eigenvalue weighted by Crippen LogP contribution is 2.36. The molecule has 0 radical (unpaired) electrons. The van der Waals surface area contributed by atoms with E-state index in [4.69, 9.17) is 23.2 Å². The predicted molar refractivity (Wildman–Crippen MR) is 95.5 cm³/mol. The van der Waals surface area contributed by atoms with Crippen LogP contribution in [-0.4, -0.2) is 27.6 Å². The Hall–Kier alpha value is -1.56. The first-order chi connectivity index (χ1) is 11.0. The van der Waals surface area contributed by atoms with Crippen LogP contribution < -0.4 is 0 Å². The summed E-state index contributed by atoms with van der Waals surface area (Å²) in [5.41, 5.74) is 0.682. The van der Waals surface area contributed by atoms with Crippen molar-refractivity contribution < 1.29 is 4.79 Å². The highest BCUT2D eigenvalue weighted by Gasteiger charge is 2.21. The van der Waals surface area contributed by atoms with E-state index in [1.165, 1.54) is 11.3 Å². The fourth-order valence-electron chi connectivity index (χ4n) is 2.33. The zero-order valence-corrected chi connectivity index (χ0v) is 15.0. The first-order valence-corrected chi connectivity index (χ1v) is 8.72. The molecule has 0 unspecified atom stereocenters. The van der Waals surface area contributed by atoms with Gasteiger partial charge < -0.3 is 4.90 Å².